The molecule has 2 rings (SSSR count). The van der Waals surface area contributed by atoms with Gasteiger partial charge in [0.25, 0.3) is 0 Å². The van der Waals surface area contributed by atoms with Gasteiger partial charge in [-0.3, -0.25) is 9.59 Å². The summed E-state index contributed by atoms with van der Waals surface area (Å²) in [4.78, 5) is 36.7. The van der Waals surface area contributed by atoms with Crippen LogP contribution in [0.25, 0.3) is 0 Å². The molecule has 1 unspecified atom stereocenters. The van der Waals surface area contributed by atoms with E-state index in [2.05, 4.69) is 16.0 Å². The molecule has 0 aliphatic carbocycles. The van der Waals surface area contributed by atoms with E-state index in [0.29, 0.717) is 18.0 Å². The molecule has 0 radical (unpaired) electrons. The standard InChI is InChI=1S/C24H31N3O5/c1-5-25-22(29)20(27-23(30)32-24(2,3)4)15-16-21(28)26-17-11-13-19(14-12-17)31-18-9-7-6-8-10-18/h6-14,20H,5,15-16H2,1-4H3,(H,25,29)(H,26,28)(H,27,30). The van der Waals surface area contributed by atoms with Gasteiger partial charge in [0.05, 0.1) is 0 Å². The van der Waals surface area contributed by atoms with Crippen LogP contribution in [0.3, 0.4) is 0 Å². The highest BCUT2D eigenvalue weighted by Crippen LogP contribution is 2.22. The first-order valence-corrected chi connectivity index (χ1v) is 10.6. The molecule has 0 bridgehead atoms. The topological polar surface area (TPSA) is 106 Å². The molecule has 0 spiro atoms. The minimum absolute atomic E-state index is 0.0415. The van der Waals surface area contributed by atoms with Crippen molar-refractivity contribution < 1.29 is 23.9 Å². The van der Waals surface area contributed by atoms with Crippen molar-refractivity contribution in [2.45, 2.75) is 52.2 Å². The summed E-state index contributed by atoms with van der Waals surface area (Å²) in [5.41, 5.74) is -0.0889. The predicted molar refractivity (Wildman–Crippen MR) is 123 cm³/mol. The Morgan fingerprint density at radius 1 is 0.938 bits per heavy atom. The van der Waals surface area contributed by atoms with Crippen LogP contribution in [0.2, 0.25) is 0 Å². The molecule has 0 aromatic heterocycles. The van der Waals surface area contributed by atoms with Crippen LogP contribution in [-0.2, 0) is 14.3 Å². The van der Waals surface area contributed by atoms with E-state index >= 15 is 0 Å². The van der Waals surface area contributed by atoms with Crippen molar-refractivity contribution in [3.8, 4) is 11.5 Å². The zero-order chi connectivity index (χ0) is 23.6. The molecule has 1 atom stereocenters. The van der Waals surface area contributed by atoms with E-state index in [1.807, 2.05) is 30.3 Å². The van der Waals surface area contributed by atoms with E-state index in [0.717, 1.165) is 5.75 Å². The van der Waals surface area contributed by atoms with E-state index < -0.39 is 17.7 Å². The normalized spacial score (nSPS) is 11.8. The number of para-hydroxylation sites is 1. The number of benzene rings is 2. The van der Waals surface area contributed by atoms with Crippen LogP contribution in [0.5, 0.6) is 11.5 Å². The van der Waals surface area contributed by atoms with Gasteiger partial charge in [-0.15, -0.1) is 0 Å². The highest BCUT2D eigenvalue weighted by Gasteiger charge is 2.24. The highest BCUT2D eigenvalue weighted by atomic mass is 16.6. The summed E-state index contributed by atoms with van der Waals surface area (Å²) in [7, 11) is 0. The number of hydrogen-bond donors (Lipinski definition) is 3. The molecule has 0 aliphatic rings. The monoisotopic (exact) mass is 441 g/mol. The Morgan fingerprint density at radius 3 is 2.16 bits per heavy atom. The Hall–Kier alpha value is -3.55. The highest BCUT2D eigenvalue weighted by molar-refractivity contribution is 5.92. The minimum atomic E-state index is -0.878. The van der Waals surface area contributed by atoms with E-state index in [1.54, 1.807) is 52.0 Å². The van der Waals surface area contributed by atoms with Crippen molar-refractivity contribution in [1.82, 2.24) is 10.6 Å². The van der Waals surface area contributed by atoms with E-state index in [9.17, 15) is 14.4 Å². The van der Waals surface area contributed by atoms with Gasteiger partial charge in [-0.1, -0.05) is 18.2 Å². The molecule has 3 amide bonds. The summed E-state index contributed by atoms with van der Waals surface area (Å²) < 4.78 is 10.9. The van der Waals surface area contributed by atoms with Crippen LogP contribution in [0.15, 0.2) is 54.6 Å². The van der Waals surface area contributed by atoms with Crippen molar-refractivity contribution in [2.75, 3.05) is 11.9 Å². The van der Waals surface area contributed by atoms with Gasteiger partial charge in [-0.25, -0.2) is 4.79 Å². The maximum absolute atomic E-state index is 12.4. The maximum atomic E-state index is 12.4. The summed E-state index contributed by atoms with van der Waals surface area (Å²) in [6.45, 7) is 7.39. The molecule has 0 fully saturated rings. The lowest BCUT2D eigenvalue weighted by Crippen LogP contribution is -2.48. The largest absolute Gasteiger partial charge is 0.457 e. The second-order valence-electron chi connectivity index (χ2n) is 8.12. The van der Waals surface area contributed by atoms with Gasteiger partial charge in [0.2, 0.25) is 11.8 Å². The molecule has 0 heterocycles. The zero-order valence-electron chi connectivity index (χ0n) is 18.9. The number of carbonyl (C=O) groups is 3. The first-order chi connectivity index (χ1) is 15.2. The van der Waals surface area contributed by atoms with Gasteiger partial charge in [0.1, 0.15) is 23.1 Å². The molecule has 0 saturated carbocycles. The summed E-state index contributed by atoms with van der Waals surface area (Å²) >= 11 is 0. The zero-order valence-corrected chi connectivity index (χ0v) is 18.9. The fourth-order valence-corrected chi connectivity index (χ4v) is 2.75. The Kier molecular flexibility index (Phi) is 9.07. The summed E-state index contributed by atoms with van der Waals surface area (Å²) in [6.07, 6.45) is -0.533. The average Bonchev–Trinajstić information content (AvgIpc) is 2.72. The Balaban J connectivity index is 1.88. The second kappa shape index (κ2) is 11.7. The Labute approximate surface area is 188 Å². The minimum Gasteiger partial charge on any atom is -0.457 e. The van der Waals surface area contributed by atoms with Gasteiger partial charge in [0, 0.05) is 18.7 Å². The number of ether oxygens (including phenoxy) is 2. The smallest absolute Gasteiger partial charge is 0.408 e. The van der Waals surface area contributed by atoms with Crippen LogP contribution in [-0.4, -0.2) is 36.1 Å². The van der Waals surface area contributed by atoms with Crippen LogP contribution >= 0.6 is 0 Å². The number of anilines is 1. The van der Waals surface area contributed by atoms with Gasteiger partial charge in [-0.05, 0) is 70.5 Å². The molecular weight excluding hydrogens is 410 g/mol. The third kappa shape index (κ3) is 9.07. The lowest BCUT2D eigenvalue weighted by atomic mass is 10.1. The molecule has 32 heavy (non-hydrogen) atoms. The Morgan fingerprint density at radius 2 is 1.56 bits per heavy atom. The molecule has 8 nitrogen and oxygen atoms in total. The van der Waals surface area contributed by atoms with Crippen molar-refractivity contribution >= 4 is 23.6 Å². The third-order valence-corrected chi connectivity index (χ3v) is 4.14. The lowest BCUT2D eigenvalue weighted by molar-refractivity contribution is -0.123. The van der Waals surface area contributed by atoms with Crippen molar-refractivity contribution in [3.05, 3.63) is 54.6 Å². The number of rotatable bonds is 9. The van der Waals surface area contributed by atoms with E-state index in [1.165, 1.54) is 0 Å². The SMILES string of the molecule is CCNC(=O)C(CCC(=O)Nc1ccc(Oc2ccccc2)cc1)NC(=O)OC(C)(C)C. The third-order valence-electron chi connectivity index (χ3n) is 4.14. The molecule has 172 valence electrons. The first-order valence-electron chi connectivity index (χ1n) is 10.6. The lowest BCUT2D eigenvalue weighted by Gasteiger charge is -2.23. The van der Waals surface area contributed by atoms with Gasteiger partial charge in [0.15, 0.2) is 0 Å². The number of amides is 3. The van der Waals surface area contributed by atoms with Crippen LogP contribution in [0.4, 0.5) is 10.5 Å². The quantitative estimate of drug-likeness (QED) is 0.540. The van der Waals surface area contributed by atoms with Crippen molar-refractivity contribution in [3.63, 3.8) is 0 Å². The molecule has 0 saturated heterocycles. The van der Waals surface area contributed by atoms with Gasteiger partial charge >= 0.3 is 6.09 Å². The number of nitrogens with one attached hydrogen (secondary N) is 3. The first kappa shape index (κ1) is 24.7. The molecule has 0 aliphatic heterocycles. The molecule has 3 N–H and O–H groups in total. The summed E-state index contributed by atoms with van der Waals surface area (Å²) in [6, 6.07) is 15.5. The number of likely N-dealkylation sites (N-methyl/N-ethyl adjacent to an activating group) is 1. The molecule has 8 heteroatoms. The predicted octanol–water partition coefficient (Wildman–Crippen LogP) is 4.23. The van der Waals surface area contributed by atoms with Gasteiger partial charge in [-0.2, -0.15) is 0 Å². The molecular formula is C24H31N3O5. The molecule has 2 aromatic carbocycles. The van der Waals surface area contributed by atoms with E-state index in [4.69, 9.17) is 9.47 Å². The van der Waals surface area contributed by atoms with Crippen LogP contribution < -0.4 is 20.7 Å². The second-order valence-corrected chi connectivity index (χ2v) is 8.12. The molecule has 2 aromatic rings. The fraction of sp³-hybridized carbons (Fsp3) is 0.375. The Bertz CT molecular complexity index is 892. The van der Waals surface area contributed by atoms with Crippen LogP contribution in [0, 0.1) is 0 Å². The van der Waals surface area contributed by atoms with E-state index in [-0.39, 0.29) is 24.7 Å². The number of alkyl carbamates (subject to hydrolysis) is 1. The van der Waals surface area contributed by atoms with Gasteiger partial charge < -0.3 is 25.4 Å². The van der Waals surface area contributed by atoms with Crippen molar-refractivity contribution in [1.29, 1.82) is 0 Å². The van der Waals surface area contributed by atoms with Crippen LogP contribution in [0.1, 0.15) is 40.5 Å². The average molecular weight is 442 g/mol. The number of carbonyl (C=O) groups excluding carboxylic acids is 3. The maximum Gasteiger partial charge on any atom is 0.408 e. The number of hydrogen-bond acceptors (Lipinski definition) is 5. The summed E-state index contributed by atoms with van der Waals surface area (Å²) in [5, 5.41) is 7.98. The summed E-state index contributed by atoms with van der Waals surface area (Å²) in [5.74, 6) is 0.723. The fourth-order valence-electron chi connectivity index (χ4n) is 2.75. The van der Waals surface area contributed by atoms with Crippen molar-refractivity contribution in [2.24, 2.45) is 0 Å².